The van der Waals surface area contributed by atoms with Gasteiger partial charge in [-0.1, -0.05) is 0 Å². The van der Waals surface area contributed by atoms with E-state index in [1.165, 1.54) is 0 Å². The van der Waals surface area contributed by atoms with Gasteiger partial charge in [0.1, 0.15) is 0 Å². The molecule has 0 amide bonds. The van der Waals surface area contributed by atoms with E-state index in [0.717, 1.165) is 0 Å². The molecule has 0 spiro atoms. The van der Waals surface area contributed by atoms with Crippen molar-refractivity contribution in [2.75, 3.05) is 0 Å². The van der Waals surface area contributed by atoms with Crippen molar-refractivity contribution in [2.24, 2.45) is 0 Å². The minimum absolute atomic E-state index is 0. The van der Waals surface area contributed by atoms with E-state index in [1.807, 2.05) is 0 Å². The molecule has 0 aliphatic heterocycles. The van der Waals surface area contributed by atoms with Crippen molar-refractivity contribution in [3.05, 3.63) is 0 Å². The first-order chi connectivity index (χ1) is 1.00. The number of rotatable bonds is 0. The van der Waals surface area contributed by atoms with Crippen molar-refractivity contribution in [3.8, 4) is 0 Å². The summed E-state index contributed by atoms with van der Waals surface area (Å²) >= 11 is 1.61. The second-order valence-corrected chi connectivity index (χ2v) is 0. The van der Waals surface area contributed by atoms with Crippen LogP contribution in [0.1, 0.15) is 0 Å². The first-order valence-corrected chi connectivity index (χ1v) is 2.94. The van der Waals surface area contributed by atoms with Gasteiger partial charge >= 0.3 is 28.2 Å². The Morgan fingerprint density at radius 3 is 0.714 bits per heavy atom. The van der Waals surface area contributed by atoms with Crippen LogP contribution in [0.5, 0.6) is 0 Å². The molecular formula is H14ClN4OPt. The predicted octanol–water partition coefficient (Wildman–Crippen LogP) is 0.510. The predicted molar refractivity (Wildman–Crippen MR) is 29.6 cm³/mol. The molecule has 5 nitrogen and oxygen atoms in total. The monoisotopic (exact) mass is 316 g/mol. The van der Waals surface area contributed by atoms with Crippen LogP contribution in [0.2, 0.25) is 0 Å². The molecule has 0 aliphatic carbocycles. The molecule has 0 fully saturated rings. The molecule has 7 heteroatoms. The van der Waals surface area contributed by atoms with E-state index in [9.17, 15) is 0 Å². The molecule has 0 atom stereocenters. The average molecular weight is 317 g/mol. The molecule has 0 aromatic rings. The van der Waals surface area contributed by atoms with E-state index in [1.54, 1.807) is 18.8 Å². The molecule has 0 heterocycles. The Bertz CT molecular complexity index is 11.7. The average Bonchev–Trinajstić information content (AvgIpc) is 1.00. The van der Waals surface area contributed by atoms with Crippen LogP contribution in [0.3, 0.4) is 0 Å². The van der Waals surface area contributed by atoms with Crippen LogP contribution in [0.4, 0.5) is 0 Å². The van der Waals surface area contributed by atoms with E-state index in [0.29, 0.717) is 0 Å². The first kappa shape index (κ1) is 113. The maximum atomic E-state index is 4.61. The number of hydrogen-bond donors (Lipinski definition) is 4. The van der Waals surface area contributed by atoms with Gasteiger partial charge in [0.05, 0.1) is 0 Å². The van der Waals surface area contributed by atoms with Crippen LogP contribution in [0, 0.1) is 0 Å². The fourth-order valence-electron chi connectivity index (χ4n) is 0. The summed E-state index contributed by atoms with van der Waals surface area (Å²) in [7, 11) is 4.61. The molecular weight excluding hydrogens is 303 g/mol. The van der Waals surface area contributed by atoms with Gasteiger partial charge < -0.3 is 30.1 Å². The van der Waals surface area contributed by atoms with Gasteiger partial charge in [0.15, 0.2) is 0 Å². The molecule has 14 N–H and O–H groups in total. The molecule has 0 aromatic carbocycles. The van der Waals surface area contributed by atoms with E-state index < -0.39 is 0 Å². The van der Waals surface area contributed by atoms with Crippen LogP contribution in [-0.4, -0.2) is 5.48 Å². The summed E-state index contributed by atoms with van der Waals surface area (Å²) < 4.78 is 0. The van der Waals surface area contributed by atoms with Gasteiger partial charge in [-0.25, -0.2) is 0 Å². The van der Waals surface area contributed by atoms with Gasteiger partial charge in [-0.2, -0.15) is 0 Å². The van der Waals surface area contributed by atoms with E-state index >= 15 is 0 Å². The topological polar surface area (TPSA) is 172 Å². The van der Waals surface area contributed by atoms with Crippen molar-refractivity contribution in [3.63, 3.8) is 0 Å². The molecule has 0 radical (unpaired) electrons. The van der Waals surface area contributed by atoms with Crippen molar-refractivity contribution in [2.45, 2.75) is 0 Å². The maximum absolute atomic E-state index is 4.61. The summed E-state index contributed by atoms with van der Waals surface area (Å²) in [5, 5.41) is 0. The van der Waals surface area contributed by atoms with Gasteiger partial charge in [0, 0.05) is 0 Å². The molecule has 0 aliphatic rings. The Labute approximate surface area is 58.7 Å². The number of hydrogen-bond acceptors (Lipinski definition) is 4. The second-order valence-electron chi connectivity index (χ2n) is 0. The third-order valence-corrected chi connectivity index (χ3v) is 0. The molecule has 0 aromatic heterocycles. The summed E-state index contributed by atoms with van der Waals surface area (Å²) in [5.41, 5.74) is 0. The SMILES string of the molecule is N.N.N.N.O.[Cl][Pt]. The summed E-state index contributed by atoms with van der Waals surface area (Å²) in [6.07, 6.45) is 0. The fraction of sp³-hybridized carbons (Fsp3) is 0. The molecule has 0 rings (SSSR count). The summed E-state index contributed by atoms with van der Waals surface area (Å²) in [6.45, 7) is 0. The minimum atomic E-state index is 0. The van der Waals surface area contributed by atoms with Crippen molar-refractivity contribution in [1.82, 2.24) is 24.6 Å². The summed E-state index contributed by atoms with van der Waals surface area (Å²) in [5.74, 6) is 0. The number of halogens is 1. The Hall–Kier alpha value is 0.778. The molecule has 7 heavy (non-hydrogen) atoms. The van der Waals surface area contributed by atoms with E-state index in [-0.39, 0.29) is 30.1 Å². The summed E-state index contributed by atoms with van der Waals surface area (Å²) in [4.78, 5) is 0. The van der Waals surface area contributed by atoms with Gasteiger partial charge in [-0.15, -0.1) is 0 Å². The van der Waals surface area contributed by atoms with Crippen LogP contribution in [0.15, 0.2) is 0 Å². The first-order valence-electron chi connectivity index (χ1n) is 0.120. The van der Waals surface area contributed by atoms with Gasteiger partial charge in [-0.05, 0) is 0 Å². The standard InChI is InChI=1S/ClH.4H3N.H2O.Pt/h1H;4*1H3;1H2;/q;;;;;;+1/p-1. The zero-order valence-corrected chi connectivity index (χ0v) is 7.05. The molecule has 0 unspecified atom stereocenters. The van der Waals surface area contributed by atoms with E-state index in [4.69, 9.17) is 0 Å². The Kier molecular flexibility index (Phi) is 6030. The Morgan fingerprint density at radius 1 is 0.714 bits per heavy atom. The van der Waals surface area contributed by atoms with Gasteiger partial charge in [0.2, 0.25) is 0 Å². The van der Waals surface area contributed by atoms with Gasteiger partial charge in [0.25, 0.3) is 0 Å². The second kappa shape index (κ2) is 374. The molecule has 0 saturated carbocycles. The van der Waals surface area contributed by atoms with Crippen LogP contribution in [0.25, 0.3) is 0 Å². The third-order valence-electron chi connectivity index (χ3n) is 0. The van der Waals surface area contributed by atoms with Crippen molar-refractivity contribution >= 4 is 9.42 Å². The Balaban J connectivity index is -0.000000000500. The molecule has 0 bridgehead atoms. The summed E-state index contributed by atoms with van der Waals surface area (Å²) in [6, 6.07) is 0. The third kappa shape index (κ3) is 255. The van der Waals surface area contributed by atoms with Crippen LogP contribution < -0.4 is 24.6 Å². The van der Waals surface area contributed by atoms with E-state index in [2.05, 4.69) is 9.42 Å². The zero-order chi connectivity index (χ0) is 2.00. The van der Waals surface area contributed by atoms with Crippen molar-refractivity contribution < 1.29 is 24.2 Å². The quantitative estimate of drug-likeness (QED) is 0.510. The molecule has 0 saturated heterocycles. The fourth-order valence-corrected chi connectivity index (χ4v) is 0. The Morgan fingerprint density at radius 2 is 0.714 bits per heavy atom. The zero-order valence-electron chi connectivity index (χ0n) is 4.02. The van der Waals surface area contributed by atoms with Crippen LogP contribution >= 0.6 is 9.42 Å². The van der Waals surface area contributed by atoms with Crippen molar-refractivity contribution in [1.29, 1.82) is 0 Å². The van der Waals surface area contributed by atoms with Gasteiger partial charge in [-0.3, -0.25) is 0 Å². The normalized spacial score (nSPS) is 1.00. The van der Waals surface area contributed by atoms with Crippen LogP contribution in [-0.2, 0) is 18.8 Å². The molecule has 57 valence electrons.